The second kappa shape index (κ2) is 5.27. The summed E-state index contributed by atoms with van der Waals surface area (Å²) in [6.07, 6.45) is 0.632. The number of carboxylic acids is 1. The van der Waals surface area contributed by atoms with Crippen molar-refractivity contribution < 1.29 is 46.0 Å². The zero-order valence-corrected chi connectivity index (χ0v) is 9.74. The first-order chi connectivity index (χ1) is 5.66. The first-order valence-electron chi connectivity index (χ1n) is 3.71. The molecule has 4 heteroatoms. The van der Waals surface area contributed by atoms with E-state index in [9.17, 15) is 9.90 Å². The van der Waals surface area contributed by atoms with E-state index in [4.69, 9.17) is 5.11 Å². The van der Waals surface area contributed by atoms with Crippen molar-refractivity contribution in [1.29, 1.82) is 0 Å². The van der Waals surface area contributed by atoms with Crippen LogP contribution >= 0.6 is 0 Å². The molecule has 2 N–H and O–H groups in total. The SMILES string of the molecule is CCc1cccc(C(=O)O)c1O.[H-].[Na+]. The predicted octanol–water partition coefficient (Wildman–Crippen LogP) is -1.23. The molecule has 0 spiro atoms. The first kappa shape index (κ1) is 12.5. The Hall–Kier alpha value is -0.510. The maximum atomic E-state index is 10.5. The van der Waals surface area contributed by atoms with Crippen LogP contribution in [0.3, 0.4) is 0 Å². The molecule has 13 heavy (non-hydrogen) atoms. The molecule has 0 saturated carbocycles. The van der Waals surface area contributed by atoms with Crippen LogP contribution in [0.25, 0.3) is 0 Å². The van der Waals surface area contributed by atoms with E-state index < -0.39 is 5.97 Å². The Morgan fingerprint density at radius 3 is 2.62 bits per heavy atom. The molecule has 0 aliphatic heterocycles. The zero-order chi connectivity index (χ0) is 9.14. The largest absolute Gasteiger partial charge is 1.00 e. The Bertz CT molecular complexity index is 315. The number of rotatable bonds is 2. The minimum absolute atomic E-state index is 0. The predicted molar refractivity (Wildman–Crippen MR) is 45.6 cm³/mol. The number of aromatic hydroxyl groups is 1. The van der Waals surface area contributed by atoms with E-state index in [1.54, 1.807) is 12.1 Å². The molecule has 0 amide bonds. The minimum atomic E-state index is -1.09. The monoisotopic (exact) mass is 190 g/mol. The minimum Gasteiger partial charge on any atom is -1.00 e. The van der Waals surface area contributed by atoms with Gasteiger partial charge in [-0.25, -0.2) is 4.79 Å². The van der Waals surface area contributed by atoms with E-state index >= 15 is 0 Å². The number of aromatic carboxylic acids is 1. The Labute approximate surface area is 100 Å². The zero-order valence-electron chi connectivity index (χ0n) is 8.74. The van der Waals surface area contributed by atoms with Crippen molar-refractivity contribution in [2.24, 2.45) is 0 Å². The van der Waals surface area contributed by atoms with Crippen LogP contribution in [0, 0.1) is 0 Å². The molecule has 0 aromatic heterocycles. The van der Waals surface area contributed by atoms with Crippen LogP contribution in [-0.2, 0) is 6.42 Å². The summed E-state index contributed by atoms with van der Waals surface area (Å²) in [4.78, 5) is 10.5. The first-order valence-corrected chi connectivity index (χ1v) is 3.71. The van der Waals surface area contributed by atoms with E-state index in [-0.39, 0.29) is 42.3 Å². The molecule has 0 radical (unpaired) electrons. The van der Waals surface area contributed by atoms with Gasteiger partial charge in [0.25, 0.3) is 0 Å². The number of carbonyl (C=O) groups is 1. The van der Waals surface area contributed by atoms with Gasteiger partial charge in [-0.05, 0) is 18.1 Å². The van der Waals surface area contributed by atoms with Crippen molar-refractivity contribution >= 4 is 5.97 Å². The van der Waals surface area contributed by atoms with Crippen LogP contribution in [-0.4, -0.2) is 16.2 Å². The fraction of sp³-hybridized carbons (Fsp3) is 0.222. The average molecular weight is 190 g/mol. The van der Waals surface area contributed by atoms with Crippen LogP contribution in [0.1, 0.15) is 24.3 Å². The van der Waals surface area contributed by atoms with E-state index in [2.05, 4.69) is 0 Å². The van der Waals surface area contributed by atoms with Crippen molar-refractivity contribution in [2.75, 3.05) is 0 Å². The molecular formula is C9H11NaO3. The molecule has 0 saturated heterocycles. The van der Waals surface area contributed by atoms with Crippen LogP contribution in [0.15, 0.2) is 18.2 Å². The summed E-state index contributed by atoms with van der Waals surface area (Å²) < 4.78 is 0. The van der Waals surface area contributed by atoms with Gasteiger partial charge < -0.3 is 11.6 Å². The summed E-state index contributed by atoms with van der Waals surface area (Å²) in [5, 5.41) is 18.0. The fourth-order valence-corrected chi connectivity index (χ4v) is 1.05. The van der Waals surface area contributed by atoms with Crippen molar-refractivity contribution in [3.63, 3.8) is 0 Å². The van der Waals surface area contributed by atoms with Gasteiger partial charge in [-0.3, -0.25) is 0 Å². The summed E-state index contributed by atoms with van der Waals surface area (Å²) in [6, 6.07) is 4.72. The van der Waals surface area contributed by atoms with Gasteiger partial charge in [0.15, 0.2) is 0 Å². The van der Waals surface area contributed by atoms with E-state index in [0.717, 1.165) is 0 Å². The quantitative estimate of drug-likeness (QED) is 0.574. The molecule has 0 aliphatic carbocycles. The Morgan fingerprint density at radius 2 is 2.15 bits per heavy atom. The van der Waals surface area contributed by atoms with Gasteiger partial charge in [0.05, 0.1) is 0 Å². The number of hydrogen-bond acceptors (Lipinski definition) is 2. The van der Waals surface area contributed by atoms with E-state index in [1.807, 2.05) is 6.92 Å². The average Bonchev–Trinajstić information content (AvgIpc) is 2.04. The molecule has 0 unspecified atom stereocenters. The van der Waals surface area contributed by atoms with Crippen molar-refractivity contribution in [2.45, 2.75) is 13.3 Å². The Morgan fingerprint density at radius 1 is 1.54 bits per heavy atom. The van der Waals surface area contributed by atoms with Gasteiger partial charge in [0.2, 0.25) is 0 Å². The summed E-state index contributed by atoms with van der Waals surface area (Å²) in [7, 11) is 0. The maximum Gasteiger partial charge on any atom is 1.00 e. The molecule has 1 aromatic rings. The van der Waals surface area contributed by atoms with Crippen molar-refractivity contribution in [1.82, 2.24) is 0 Å². The van der Waals surface area contributed by atoms with Gasteiger partial charge in [-0.2, -0.15) is 0 Å². The summed E-state index contributed by atoms with van der Waals surface area (Å²) in [6.45, 7) is 1.86. The van der Waals surface area contributed by atoms with E-state index in [1.165, 1.54) is 6.07 Å². The van der Waals surface area contributed by atoms with Crippen LogP contribution in [0.5, 0.6) is 5.75 Å². The number of aryl methyl sites for hydroxylation is 1. The molecule has 0 bridgehead atoms. The second-order valence-electron chi connectivity index (χ2n) is 2.47. The van der Waals surface area contributed by atoms with E-state index in [0.29, 0.717) is 12.0 Å². The normalized spacial score (nSPS) is 9.00. The summed E-state index contributed by atoms with van der Waals surface area (Å²) in [5.74, 6) is -1.21. The molecule has 0 atom stereocenters. The van der Waals surface area contributed by atoms with Gasteiger partial charge >= 0.3 is 35.5 Å². The molecule has 0 fully saturated rings. The molecule has 1 aromatic carbocycles. The second-order valence-corrected chi connectivity index (χ2v) is 2.47. The molecule has 0 heterocycles. The van der Waals surface area contributed by atoms with Gasteiger partial charge in [-0.15, -0.1) is 0 Å². The molecule has 0 aliphatic rings. The molecule has 3 nitrogen and oxygen atoms in total. The van der Waals surface area contributed by atoms with Crippen LogP contribution < -0.4 is 29.6 Å². The number of phenols is 1. The van der Waals surface area contributed by atoms with Crippen molar-refractivity contribution in [3.05, 3.63) is 29.3 Å². The maximum absolute atomic E-state index is 10.5. The van der Waals surface area contributed by atoms with Gasteiger partial charge in [-0.1, -0.05) is 19.1 Å². The Kier molecular flexibility index (Phi) is 5.06. The number of para-hydroxylation sites is 1. The number of benzene rings is 1. The third-order valence-corrected chi connectivity index (χ3v) is 1.73. The smallest absolute Gasteiger partial charge is 1.00 e. The van der Waals surface area contributed by atoms with Crippen LogP contribution in [0.4, 0.5) is 0 Å². The third-order valence-electron chi connectivity index (χ3n) is 1.73. The summed E-state index contributed by atoms with van der Waals surface area (Å²) in [5.41, 5.74) is 0.629. The molecule has 1 rings (SSSR count). The molecule has 66 valence electrons. The Balaban J connectivity index is 0. The number of hydrogen-bond donors (Lipinski definition) is 2. The standard InChI is InChI=1S/C9H10O3.Na.H/c1-2-6-4-3-5-7(8(6)10)9(11)12;;/h3-5,10H,2H2,1H3,(H,11,12);;/q;+1;-1. The third kappa shape index (κ3) is 2.72. The molecular weight excluding hydrogens is 179 g/mol. The topological polar surface area (TPSA) is 57.5 Å². The number of carboxylic acid groups (broad SMARTS) is 1. The fourth-order valence-electron chi connectivity index (χ4n) is 1.05. The summed E-state index contributed by atoms with van der Waals surface area (Å²) >= 11 is 0. The van der Waals surface area contributed by atoms with Crippen LogP contribution in [0.2, 0.25) is 0 Å². The van der Waals surface area contributed by atoms with Gasteiger partial charge in [0, 0.05) is 0 Å². The van der Waals surface area contributed by atoms with Crippen molar-refractivity contribution in [3.8, 4) is 5.75 Å². The van der Waals surface area contributed by atoms with Gasteiger partial charge in [0.1, 0.15) is 11.3 Å².